The third kappa shape index (κ3) is 12.6. The summed E-state index contributed by atoms with van der Waals surface area (Å²) in [6, 6.07) is 29.0. The maximum Gasteiger partial charge on any atom is 0.334 e. The van der Waals surface area contributed by atoms with E-state index in [4.69, 9.17) is 59.3 Å². The van der Waals surface area contributed by atoms with Gasteiger partial charge < -0.3 is 35.3 Å². The smallest absolute Gasteiger partial charge is 0.334 e. The highest BCUT2D eigenvalue weighted by molar-refractivity contribution is 6.42. The van der Waals surface area contributed by atoms with Gasteiger partial charge in [-0.15, -0.1) is 12.8 Å². The zero-order valence-electron chi connectivity index (χ0n) is 43.9. The Kier molecular flexibility index (Phi) is 17.8. The molecule has 4 aliphatic rings. The topological polar surface area (TPSA) is 173 Å². The summed E-state index contributed by atoms with van der Waals surface area (Å²) in [4.78, 5) is 92.1. The van der Waals surface area contributed by atoms with Crippen LogP contribution < -0.4 is 10.6 Å². The van der Waals surface area contributed by atoms with Gasteiger partial charge >= 0.3 is 12.1 Å². The van der Waals surface area contributed by atoms with Crippen LogP contribution in [-0.4, -0.2) is 144 Å². The van der Waals surface area contributed by atoms with Gasteiger partial charge in [0, 0.05) is 32.6 Å². The van der Waals surface area contributed by atoms with Crippen molar-refractivity contribution in [3.8, 4) is 41.6 Å². The van der Waals surface area contributed by atoms with Crippen molar-refractivity contribution in [3.05, 3.63) is 157 Å². The second-order valence-corrected chi connectivity index (χ2v) is 22.1. The lowest BCUT2D eigenvalue weighted by Gasteiger charge is -2.55. The number of halogens is 4. The largest absolute Gasteiger partial charge is 0.508 e. The van der Waals surface area contributed by atoms with Crippen molar-refractivity contribution in [1.29, 1.82) is 0 Å². The van der Waals surface area contributed by atoms with E-state index < -0.39 is 36.5 Å². The van der Waals surface area contributed by atoms with Crippen molar-refractivity contribution in [2.45, 2.75) is 77.3 Å². The Labute approximate surface area is 484 Å². The summed E-state index contributed by atoms with van der Waals surface area (Å²) in [5.74, 6) is 4.01. The third-order valence-corrected chi connectivity index (χ3v) is 16.0. The molecule has 5 aromatic rings. The maximum atomic E-state index is 14.6. The molecule has 4 heterocycles. The average Bonchev–Trinajstić information content (AvgIpc) is 3.51. The number of hydrogen-bond donors (Lipinski definition) is 3. The summed E-state index contributed by atoms with van der Waals surface area (Å²) in [6.07, 6.45) is 10.3. The number of piperazine rings is 2. The Morgan fingerprint density at radius 3 is 1.46 bits per heavy atom. The van der Waals surface area contributed by atoms with E-state index in [0.29, 0.717) is 37.6 Å². The first kappa shape index (κ1) is 57.2. The van der Waals surface area contributed by atoms with Crippen LogP contribution in [0.5, 0.6) is 5.75 Å². The highest BCUT2D eigenvalue weighted by Crippen LogP contribution is 2.34. The fraction of sp³-hybridized carbons (Fsp3) is 0.322. The molecule has 0 aliphatic carbocycles. The molecule has 0 spiro atoms. The molecule has 0 radical (unpaired) electrons. The minimum atomic E-state index is -1.01. The van der Waals surface area contributed by atoms with Crippen molar-refractivity contribution in [2.75, 3.05) is 39.3 Å². The van der Waals surface area contributed by atoms with Gasteiger partial charge in [-0.1, -0.05) is 133 Å². The molecule has 80 heavy (non-hydrogen) atoms. The van der Waals surface area contributed by atoms with Crippen LogP contribution >= 0.6 is 46.4 Å². The lowest BCUT2D eigenvalue weighted by Crippen LogP contribution is -2.76. The molecule has 0 saturated carbocycles. The summed E-state index contributed by atoms with van der Waals surface area (Å²) in [5, 5.41) is 23.4. The first-order valence-electron chi connectivity index (χ1n) is 26.0. The fourth-order valence-electron chi connectivity index (χ4n) is 10.8. The Morgan fingerprint density at radius 2 is 1.02 bits per heavy atom. The molecule has 17 nitrogen and oxygen atoms in total. The van der Waals surface area contributed by atoms with E-state index in [9.17, 15) is 33.9 Å². The second kappa shape index (κ2) is 24.9. The second-order valence-electron chi connectivity index (χ2n) is 20.5. The summed E-state index contributed by atoms with van der Waals surface area (Å²) in [5.41, 5.74) is 5.29. The number of hydrazine groups is 2. The number of urea groups is 2. The Morgan fingerprint density at radius 1 is 0.588 bits per heavy atom. The number of phenols is 1. The Balaban J connectivity index is 0.914. The molecule has 9 rings (SSSR count). The van der Waals surface area contributed by atoms with E-state index in [1.807, 2.05) is 62.4 Å². The van der Waals surface area contributed by atoms with Crippen LogP contribution in [-0.2, 0) is 51.8 Å². The van der Waals surface area contributed by atoms with Crippen LogP contribution in [0.4, 0.5) is 9.59 Å². The number of hydrogen-bond acceptors (Lipinski definition) is 9. The first-order chi connectivity index (χ1) is 38.4. The van der Waals surface area contributed by atoms with Crippen molar-refractivity contribution < 1.29 is 33.9 Å². The number of carbonyl (C=O) groups excluding carboxylic acids is 6. The van der Waals surface area contributed by atoms with Gasteiger partial charge in [0.2, 0.25) is 23.6 Å². The van der Waals surface area contributed by atoms with Gasteiger partial charge in [-0.2, -0.15) is 10.0 Å². The number of aromatic hydroxyl groups is 1. The van der Waals surface area contributed by atoms with E-state index in [0.717, 1.165) is 27.8 Å². The number of carbonyl (C=O) groups is 6. The molecule has 414 valence electrons. The number of phenolic OH excluding ortho intramolecular Hbond substituents is 1. The molecule has 3 N–H and O–H groups in total. The van der Waals surface area contributed by atoms with E-state index in [1.54, 1.807) is 58.3 Å². The van der Waals surface area contributed by atoms with Crippen molar-refractivity contribution >= 4 is 82.1 Å². The van der Waals surface area contributed by atoms with E-state index in [1.165, 1.54) is 42.0 Å². The predicted molar refractivity (Wildman–Crippen MR) is 305 cm³/mol. The monoisotopic (exact) mass is 1160 g/mol. The molecule has 21 heteroatoms. The molecule has 0 aromatic heterocycles. The third-order valence-electron chi connectivity index (χ3n) is 14.5. The standard InChI is InChI=1S/C59H58Cl4N10O7/c1-5-21-68-35-54(75)70-50(23-37(3)4)56(77)66(31-41-15-19-46(60)48(62)26-41)33-52(70)72(68)58(79)64-29-39-9-7-11-43(24-39)44-12-8-10-40(25-44)30-65-59(80)73-53-34-67(32-42-16-20-47(61)49(63)27-42)57(78)51(28-38-13-17-45(74)18-14-38)71(53)55(76)36-69(73)22-6-2/h1-2,7-20,24-27,37,50-53,74H,21-23,28-36H2,3-4H3,(H,64,79)(H,65,80)/t50-,51-,52-,53-/m0/s1. The van der Waals surface area contributed by atoms with Crippen LogP contribution in [0.3, 0.4) is 0 Å². The van der Waals surface area contributed by atoms with Crippen molar-refractivity contribution in [1.82, 2.24) is 50.3 Å². The molecule has 0 bridgehead atoms. The van der Waals surface area contributed by atoms with Gasteiger partial charge in [0.15, 0.2) is 0 Å². The van der Waals surface area contributed by atoms with Gasteiger partial charge in [0.25, 0.3) is 0 Å². The molecule has 4 fully saturated rings. The summed E-state index contributed by atoms with van der Waals surface area (Å²) < 4.78 is 0. The summed E-state index contributed by atoms with van der Waals surface area (Å²) in [7, 11) is 0. The zero-order valence-corrected chi connectivity index (χ0v) is 46.9. The number of fused-ring (bicyclic) bond motifs is 2. The van der Waals surface area contributed by atoms with E-state index >= 15 is 0 Å². The van der Waals surface area contributed by atoms with Crippen molar-refractivity contribution in [3.63, 3.8) is 0 Å². The maximum absolute atomic E-state index is 14.6. The molecule has 4 aliphatic heterocycles. The average molecular weight is 1160 g/mol. The highest BCUT2D eigenvalue weighted by Gasteiger charge is 2.53. The fourth-order valence-corrected chi connectivity index (χ4v) is 11.5. The Bertz CT molecular complexity index is 3300. The van der Waals surface area contributed by atoms with E-state index in [-0.39, 0.29) is 107 Å². The molecule has 4 saturated heterocycles. The summed E-state index contributed by atoms with van der Waals surface area (Å²) in [6.45, 7) is 3.83. The van der Waals surface area contributed by atoms with Gasteiger partial charge in [0.05, 0.1) is 59.4 Å². The molecule has 0 unspecified atom stereocenters. The van der Waals surface area contributed by atoms with Gasteiger partial charge in [-0.25, -0.2) is 19.6 Å². The number of terminal acetylenes is 2. The molecular weight excluding hydrogens is 1100 g/mol. The molecule has 8 amide bonds. The number of rotatable bonds is 15. The SMILES string of the molecule is C#CCN1CC(=O)N2[C@@H](Cc3ccc(O)cc3)C(=O)N(Cc3ccc(Cl)c(Cl)c3)C[C@@H]2N1C(=O)NCc1cccc(-c2cccc(CNC(=O)N3[C@H]4CN(Cc5ccc(Cl)c(Cl)c5)C(=O)[C@H](CC(C)C)N4C(=O)CN3CC#C)c2)c1. The van der Waals surface area contributed by atoms with Gasteiger partial charge in [-0.05, 0) is 99.8 Å². The number of amides is 8. The minimum Gasteiger partial charge on any atom is -0.508 e. The molecule has 5 aromatic carbocycles. The molecule has 4 atom stereocenters. The quantitative estimate of drug-likeness (QED) is 0.0884. The van der Waals surface area contributed by atoms with Crippen LogP contribution in [0.2, 0.25) is 20.1 Å². The van der Waals surface area contributed by atoms with Crippen molar-refractivity contribution in [2.24, 2.45) is 5.92 Å². The van der Waals surface area contributed by atoms with E-state index in [2.05, 4.69) is 22.5 Å². The Hall–Kier alpha value is -7.48. The lowest BCUT2D eigenvalue weighted by molar-refractivity contribution is -0.190. The number of nitrogens with zero attached hydrogens (tertiary/aromatic N) is 8. The first-order valence-corrected chi connectivity index (χ1v) is 27.5. The minimum absolute atomic E-state index is 0.0173. The normalized spacial score (nSPS) is 19.7. The summed E-state index contributed by atoms with van der Waals surface area (Å²) >= 11 is 25.2. The van der Waals surface area contributed by atoms with Crippen LogP contribution in [0.25, 0.3) is 11.1 Å². The number of benzene rings is 5. The van der Waals surface area contributed by atoms with Crippen LogP contribution in [0.15, 0.2) is 109 Å². The number of nitrogens with one attached hydrogen (secondary N) is 2. The van der Waals surface area contributed by atoms with Crippen LogP contribution in [0, 0.1) is 30.6 Å². The molecular formula is C59H58Cl4N10O7. The zero-order chi connectivity index (χ0) is 56.9. The lowest BCUT2D eigenvalue weighted by atomic mass is 9.96. The van der Waals surface area contributed by atoms with Gasteiger partial charge in [-0.3, -0.25) is 19.2 Å². The predicted octanol–water partition coefficient (Wildman–Crippen LogP) is 7.84. The van der Waals surface area contributed by atoms with Crippen LogP contribution in [0.1, 0.15) is 48.1 Å². The highest BCUT2D eigenvalue weighted by atomic mass is 35.5. The van der Waals surface area contributed by atoms with Gasteiger partial charge in [0.1, 0.15) is 30.2 Å².